The van der Waals surface area contributed by atoms with E-state index < -0.39 is 27.0 Å². The normalized spacial score (nSPS) is 14.1. The molecule has 0 aromatic rings. The first-order valence-corrected chi connectivity index (χ1v) is 7.89. The minimum atomic E-state index is -5.59. The lowest BCUT2D eigenvalue weighted by Crippen LogP contribution is -2.41. The van der Waals surface area contributed by atoms with Gasteiger partial charge >= 0.3 is 12.1 Å². The molecule has 0 saturated heterocycles. The van der Waals surface area contributed by atoms with Gasteiger partial charge in [-0.05, 0) is 18.1 Å². The molecule has 8 heteroatoms. The van der Waals surface area contributed by atoms with Crippen molar-refractivity contribution in [3.05, 3.63) is 0 Å². The van der Waals surface area contributed by atoms with E-state index in [9.17, 15) is 26.7 Å². The van der Waals surface area contributed by atoms with Crippen LogP contribution < -0.4 is 0 Å². The summed E-state index contributed by atoms with van der Waals surface area (Å²) >= 11 is 0. The average Bonchev–Trinajstić information content (AvgIpc) is 2.22. The zero-order chi connectivity index (χ0) is 13.7. The van der Waals surface area contributed by atoms with Crippen molar-refractivity contribution in [1.29, 1.82) is 0 Å². The molecule has 1 N–H and O–H groups in total. The van der Waals surface area contributed by atoms with Gasteiger partial charge in [0.1, 0.15) is 6.61 Å². The van der Waals surface area contributed by atoms with Gasteiger partial charge < -0.3 is 9.53 Å². The lowest BCUT2D eigenvalue weighted by molar-refractivity contribution is -0.296. The SMILES string of the molecule is CC[Si](O)(CC)CCOCC(F)(F)C(F)(F)F. The Kier molecular flexibility index (Phi) is 6.02. The largest absolute Gasteiger partial charge is 0.455 e. The van der Waals surface area contributed by atoms with E-state index in [0.29, 0.717) is 12.1 Å². The van der Waals surface area contributed by atoms with Crippen molar-refractivity contribution < 1.29 is 31.5 Å². The molecule has 0 atom stereocenters. The molecule has 0 aliphatic carbocycles. The van der Waals surface area contributed by atoms with E-state index in [-0.39, 0.29) is 12.7 Å². The molecule has 0 aromatic heterocycles. The van der Waals surface area contributed by atoms with Crippen molar-refractivity contribution in [2.45, 2.75) is 44.1 Å². The van der Waals surface area contributed by atoms with Crippen LogP contribution in [0.25, 0.3) is 0 Å². The third-order valence-corrected chi connectivity index (χ3v) is 6.49. The lowest BCUT2D eigenvalue weighted by Gasteiger charge is -2.23. The van der Waals surface area contributed by atoms with Gasteiger partial charge in [-0.1, -0.05) is 13.8 Å². The lowest BCUT2D eigenvalue weighted by atomic mass is 10.3. The Hall–Kier alpha value is -0.213. The van der Waals surface area contributed by atoms with Crippen LogP contribution in [0.5, 0.6) is 0 Å². The van der Waals surface area contributed by atoms with E-state index in [2.05, 4.69) is 4.74 Å². The van der Waals surface area contributed by atoms with E-state index >= 15 is 0 Å². The second kappa shape index (κ2) is 6.10. The van der Waals surface area contributed by atoms with Crippen LogP contribution in [0.2, 0.25) is 18.1 Å². The zero-order valence-electron chi connectivity index (χ0n) is 9.78. The average molecular weight is 280 g/mol. The highest BCUT2D eigenvalue weighted by Gasteiger charge is 2.57. The van der Waals surface area contributed by atoms with Gasteiger partial charge in [-0.25, -0.2) is 0 Å². The summed E-state index contributed by atoms with van der Waals surface area (Å²) in [7, 11) is -2.49. The summed E-state index contributed by atoms with van der Waals surface area (Å²) in [6, 6.07) is 1.24. The maximum Gasteiger partial charge on any atom is 0.455 e. The maximum atomic E-state index is 12.4. The van der Waals surface area contributed by atoms with E-state index in [4.69, 9.17) is 0 Å². The van der Waals surface area contributed by atoms with Crippen LogP contribution >= 0.6 is 0 Å². The van der Waals surface area contributed by atoms with E-state index in [1.807, 2.05) is 0 Å². The predicted octanol–water partition coefficient (Wildman–Crippen LogP) is 3.18. The van der Waals surface area contributed by atoms with Gasteiger partial charge in [0.05, 0.1) is 0 Å². The van der Waals surface area contributed by atoms with Crippen molar-refractivity contribution in [3.8, 4) is 0 Å². The summed E-state index contributed by atoms with van der Waals surface area (Å²) in [5.74, 6) is -4.83. The van der Waals surface area contributed by atoms with Crippen LogP contribution in [-0.2, 0) is 4.74 Å². The fourth-order valence-electron chi connectivity index (χ4n) is 1.15. The first-order valence-electron chi connectivity index (χ1n) is 5.32. The minimum Gasteiger partial charge on any atom is -0.432 e. The first-order chi connectivity index (χ1) is 7.58. The molecule has 0 rings (SSSR count). The molecule has 104 valence electrons. The van der Waals surface area contributed by atoms with Crippen molar-refractivity contribution in [1.82, 2.24) is 0 Å². The summed E-state index contributed by atoms with van der Waals surface area (Å²) in [4.78, 5) is 9.87. The molecule has 0 heterocycles. The van der Waals surface area contributed by atoms with E-state index in [1.165, 1.54) is 0 Å². The molecular formula is C9H17F5O2Si. The second-order valence-electron chi connectivity index (χ2n) is 3.94. The quantitative estimate of drug-likeness (QED) is 0.441. The molecule has 17 heavy (non-hydrogen) atoms. The molecule has 0 aliphatic rings. The first kappa shape index (κ1) is 16.8. The molecule has 0 aromatic carbocycles. The highest BCUT2D eigenvalue weighted by Crippen LogP contribution is 2.35. The van der Waals surface area contributed by atoms with Gasteiger partial charge in [-0.15, -0.1) is 0 Å². The molecule has 0 fully saturated rings. The van der Waals surface area contributed by atoms with Crippen LogP contribution in [0.15, 0.2) is 0 Å². The summed E-state index contributed by atoms with van der Waals surface area (Å²) in [6.07, 6.45) is -5.59. The van der Waals surface area contributed by atoms with Crippen molar-refractivity contribution in [2.24, 2.45) is 0 Å². The van der Waals surface area contributed by atoms with Gasteiger partial charge in [0, 0.05) is 6.61 Å². The number of halogens is 5. The summed E-state index contributed by atoms with van der Waals surface area (Å²) in [5, 5.41) is 0. The Morgan fingerprint density at radius 2 is 1.53 bits per heavy atom. The van der Waals surface area contributed by atoms with Crippen LogP contribution in [0, 0.1) is 0 Å². The topological polar surface area (TPSA) is 29.5 Å². The predicted molar refractivity (Wildman–Crippen MR) is 55.6 cm³/mol. The molecule has 0 spiro atoms. The van der Waals surface area contributed by atoms with E-state index in [0.717, 1.165) is 0 Å². The second-order valence-corrected chi connectivity index (χ2v) is 8.30. The fraction of sp³-hybridized carbons (Fsp3) is 1.00. The molecule has 0 aliphatic heterocycles. The molecule has 0 unspecified atom stereocenters. The third kappa shape index (κ3) is 5.30. The Morgan fingerprint density at radius 3 is 1.88 bits per heavy atom. The minimum absolute atomic E-state index is 0.175. The van der Waals surface area contributed by atoms with Gasteiger partial charge in [0.2, 0.25) is 0 Å². The Balaban J connectivity index is 4.01. The highest BCUT2D eigenvalue weighted by atomic mass is 28.4. The van der Waals surface area contributed by atoms with Crippen LogP contribution in [0.1, 0.15) is 13.8 Å². The van der Waals surface area contributed by atoms with Gasteiger partial charge in [0.25, 0.3) is 0 Å². The maximum absolute atomic E-state index is 12.4. The summed E-state index contributed by atoms with van der Waals surface area (Å²) < 4.78 is 64.4. The molecule has 2 nitrogen and oxygen atoms in total. The molecule has 0 amide bonds. The summed E-state index contributed by atoms with van der Waals surface area (Å²) in [5.41, 5.74) is 0. The highest BCUT2D eigenvalue weighted by molar-refractivity contribution is 6.72. The van der Waals surface area contributed by atoms with Crippen molar-refractivity contribution in [3.63, 3.8) is 0 Å². The number of rotatable bonds is 7. The molecule has 0 bridgehead atoms. The number of hydrogen-bond acceptors (Lipinski definition) is 2. The number of ether oxygens (including phenoxy) is 1. The molecular weight excluding hydrogens is 263 g/mol. The van der Waals surface area contributed by atoms with Crippen LogP contribution in [0.4, 0.5) is 22.0 Å². The van der Waals surface area contributed by atoms with Crippen LogP contribution in [-0.4, -0.2) is 38.4 Å². The van der Waals surface area contributed by atoms with Crippen molar-refractivity contribution >= 4 is 8.32 Å². The molecule has 0 radical (unpaired) electrons. The van der Waals surface area contributed by atoms with Gasteiger partial charge in [-0.2, -0.15) is 22.0 Å². The smallest absolute Gasteiger partial charge is 0.432 e. The number of alkyl halides is 5. The third-order valence-electron chi connectivity index (χ3n) is 2.73. The Bertz CT molecular complexity index is 228. The van der Waals surface area contributed by atoms with Crippen molar-refractivity contribution in [2.75, 3.05) is 13.2 Å². The standard InChI is InChI=1S/C9H17F5O2Si/c1-3-17(15,4-2)6-5-16-7-8(10,11)9(12,13)14/h15H,3-7H2,1-2H3. The summed E-state index contributed by atoms with van der Waals surface area (Å²) in [6.45, 7) is 1.57. The monoisotopic (exact) mass is 280 g/mol. The molecule has 0 saturated carbocycles. The fourth-order valence-corrected chi connectivity index (χ4v) is 2.88. The number of hydrogen-bond donors (Lipinski definition) is 1. The zero-order valence-corrected chi connectivity index (χ0v) is 10.8. The Labute approximate surface area is 97.9 Å². The van der Waals surface area contributed by atoms with Gasteiger partial charge in [0.15, 0.2) is 8.32 Å². The Morgan fingerprint density at radius 1 is 1.06 bits per heavy atom. The van der Waals surface area contributed by atoms with E-state index in [1.54, 1.807) is 13.8 Å². The van der Waals surface area contributed by atoms with Crippen LogP contribution in [0.3, 0.4) is 0 Å². The van der Waals surface area contributed by atoms with Gasteiger partial charge in [-0.3, -0.25) is 0 Å².